The standard InChI is InChI=1S/C30H31F3N2O4/c1-19-7-8-26-25(13-19)35(29(36)21-5-4-6-23(14-21)30(31,32)33)24(18-39-26)10-12-34-11-9-20-15-27(37-2)28(38-3)16-22(20)17-34/h4-8,13-16,24H,9-12,17-18H2,1-3H3. The van der Waals surface area contributed by atoms with E-state index >= 15 is 0 Å². The highest BCUT2D eigenvalue weighted by Gasteiger charge is 2.36. The van der Waals surface area contributed by atoms with Gasteiger partial charge in [-0.3, -0.25) is 14.6 Å². The van der Waals surface area contributed by atoms with E-state index in [1.54, 1.807) is 25.2 Å². The Morgan fingerprint density at radius 1 is 1.03 bits per heavy atom. The number of hydrogen-bond donors (Lipinski definition) is 0. The number of carbonyl (C=O) groups is 1. The minimum Gasteiger partial charge on any atom is -0.493 e. The molecule has 0 N–H and O–H groups in total. The minimum atomic E-state index is -4.54. The fourth-order valence-electron chi connectivity index (χ4n) is 5.31. The van der Waals surface area contributed by atoms with Gasteiger partial charge in [0, 0.05) is 25.2 Å². The van der Waals surface area contributed by atoms with Crippen molar-refractivity contribution >= 4 is 11.6 Å². The molecule has 0 bridgehead atoms. The van der Waals surface area contributed by atoms with E-state index in [2.05, 4.69) is 4.90 Å². The second-order valence-electron chi connectivity index (χ2n) is 9.98. The fourth-order valence-corrected chi connectivity index (χ4v) is 5.31. The summed E-state index contributed by atoms with van der Waals surface area (Å²) in [6.07, 6.45) is -3.08. The molecule has 39 heavy (non-hydrogen) atoms. The zero-order valence-electron chi connectivity index (χ0n) is 22.2. The maximum absolute atomic E-state index is 13.8. The first kappa shape index (κ1) is 26.9. The first-order valence-corrected chi connectivity index (χ1v) is 12.9. The van der Waals surface area contributed by atoms with Gasteiger partial charge >= 0.3 is 6.18 Å². The van der Waals surface area contributed by atoms with Crippen molar-refractivity contribution < 1.29 is 32.2 Å². The third kappa shape index (κ3) is 5.54. The van der Waals surface area contributed by atoms with E-state index in [4.69, 9.17) is 14.2 Å². The van der Waals surface area contributed by atoms with Crippen LogP contribution < -0.4 is 19.1 Å². The third-order valence-corrected chi connectivity index (χ3v) is 7.40. The van der Waals surface area contributed by atoms with Crippen LogP contribution in [-0.4, -0.2) is 50.8 Å². The Labute approximate surface area is 225 Å². The SMILES string of the molecule is COc1cc2c(cc1OC)CN(CCC1COc3ccc(C)cc3N1C(=O)c1cccc(C(F)(F)F)c1)CC2. The van der Waals surface area contributed by atoms with E-state index in [0.717, 1.165) is 42.8 Å². The van der Waals surface area contributed by atoms with Crippen molar-refractivity contribution in [2.24, 2.45) is 0 Å². The van der Waals surface area contributed by atoms with E-state index in [-0.39, 0.29) is 18.2 Å². The van der Waals surface area contributed by atoms with Gasteiger partial charge in [0.05, 0.1) is 31.5 Å². The molecule has 206 valence electrons. The number of methoxy groups -OCH3 is 2. The Kier molecular flexibility index (Phi) is 7.44. The van der Waals surface area contributed by atoms with Gasteiger partial charge in [0.25, 0.3) is 5.91 Å². The monoisotopic (exact) mass is 540 g/mol. The van der Waals surface area contributed by atoms with E-state index in [1.165, 1.54) is 17.7 Å². The maximum Gasteiger partial charge on any atom is 0.416 e. The Hall–Kier alpha value is -3.72. The number of nitrogens with zero attached hydrogens (tertiary/aromatic N) is 2. The average molecular weight is 541 g/mol. The van der Waals surface area contributed by atoms with E-state index in [0.29, 0.717) is 35.9 Å². The van der Waals surface area contributed by atoms with Crippen molar-refractivity contribution in [2.45, 2.75) is 38.5 Å². The van der Waals surface area contributed by atoms with Crippen molar-refractivity contribution in [3.05, 3.63) is 82.4 Å². The summed E-state index contributed by atoms with van der Waals surface area (Å²) in [7, 11) is 3.24. The maximum atomic E-state index is 13.8. The molecule has 0 radical (unpaired) electrons. The van der Waals surface area contributed by atoms with Crippen molar-refractivity contribution in [2.75, 3.05) is 38.8 Å². The number of carbonyl (C=O) groups excluding carboxylic acids is 1. The van der Waals surface area contributed by atoms with Gasteiger partial charge in [-0.1, -0.05) is 12.1 Å². The molecule has 5 rings (SSSR count). The molecule has 0 aliphatic carbocycles. The Morgan fingerprint density at radius 2 is 1.77 bits per heavy atom. The number of aryl methyl sites for hydroxylation is 1. The van der Waals surface area contributed by atoms with Crippen LogP contribution in [0.2, 0.25) is 0 Å². The van der Waals surface area contributed by atoms with Crippen LogP contribution in [0.1, 0.15) is 39.0 Å². The summed E-state index contributed by atoms with van der Waals surface area (Å²) < 4.78 is 57.1. The van der Waals surface area contributed by atoms with Crippen LogP contribution in [-0.2, 0) is 19.1 Å². The molecular weight excluding hydrogens is 509 g/mol. The smallest absolute Gasteiger partial charge is 0.416 e. The molecule has 2 aliphatic heterocycles. The summed E-state index contributed by atoms with van der Waals surface area (Å²) in [5, 5.41) is 0. The summed E-state index contributed by atoms with van der Waals surface area (Å²) in [6, 6.07) is 13.8. The van der Waals surface area contributed by atoms with E-state index in [1.807, 2.05) is 31.2 Å². The van der Waals surface area contributed by atoms with Crippen LogP contribution in [0, 0.1) is 6.92 Å². The largest absolute Gasteiger partial charge is 0.493 e. The van der Waals surface area contributed by atoms with Gasteiger partial charge in [-0.2, -0.15) is 13.2 Å². The molecule has 9 heteroatoms. The lowest BCUT2D eigenvalue weighted by Crippen LogP contribution is -2.48. The number of alkyl halides is 3. The van der Waals surface area contributed by atoms with Gasteiger partial charge in [-0.25, -0.2) is 0 Å². The Morgan fingerprint density at radius 3 is 2.49 bits per heavy atom. The molecule has 2 aliphatic rings. The first-order valence-electron chi connectivity index (χ1n) is 12.9. The summed E-state index contributed by atoms with van der Waals surface area (Å²) in [4.78, 5) is 17.7. The van der Waals surface area contributed by atoms with Crippen LogP contribution in [0.3, 0.4) is 0 Å². The van der Waals surface area contributed by atoms with Crippen molar-refractivity contribution in [3.63, 3.8) is 0 Å². The minimum absolute atomic E-state index is 0.00266. The quantitative estimate of drug-likeness (QED) is 0.391. The van der Waals surface area contributed by atoms with Crippen LogP contribution in [0.15, 0.2) is 54.6 Å². The van der Waals surface area contributed by atoms with Crippen LogP contribution >= 0.6 is 0 Å². The molecule has 2 heterocycles. The number of amides is 1. The summed E-state index contributed by atoms with van der Waals surface area (Å²) in [5.74, 6) is 1.47. The summed E-state index contributed by atoms with van der Waals surface area (Å²) in [5.41, 5.74) is 3.04. The highest BCUT2D eigenvalue weighted by molar-refractivity contribution is 6.07. The summed E-state index contributed by atoms with van der Waals surface area (Å²) >= 11 is 0. The number of rotatable bonds is 6. The highest BCUT2D eigenvalue weighted by atomic mass is 19.4. The number of fused-ring (bicyclic) bond motifs is 2. The van der Waals surface area contributed by atoms with E-state index < -0.39 is 17.6 Å². The van der Waals surface area contributed by atoms with Crippen LogP contribution in [0.25, 0.3) is 0 Å². The second kappa shape index (κ2) is 10.8. The normalized spacial score (nSPS) is 17.2. The highest BCUT2D eigenvalue weighted by Crippen LogP contribution is 2.38. The molecule has 6 nitrogen and oxygen atoms in total. The molecule has 0 aromatic heterocycles. The number of benzene rings is 3. The van der Waals surface area contributed by atoms with Gasteiger partial charge in [0.1, 0.15) is 12.4 Å². The Balaban J connectivity index is 1.38. The topological polar surface area (TPSA) is 51.2 Å². The average Bonchev–Trinajstić information content (AvgIpc) is 2.94. The molecule has 0 saturated heterocycles. The zero-order chi connectivity index (χ0) is 27.7. The number of hydrogen-bond acceptors (Lipinski definition) is 5. The zero-order valence-corrected chi connectivity index (χ0v) is 22.2. The lowest BCUT2D eigenvalue weighted by atomic mass is 9.98. The molecule has 1 atom stereocenters. The lowest BCUT2D eigenvalue weighted by molar-refractivity contribution is -0.137. The number of anilines is 1. The molecule has 1 unspecified atom stereocenters. The molecule has 0 spiro atoms. The van der Waals surface area contributed by atoms with Crippen molar-refractivity contribution in [1.29, 1.82) is 0 Å². The second-order valence-corrected chi connectivity index (χ2v) is 9.98. The first-order chi connectivity index (χ1) is 18.7. The Bertz CT molecular complexity index is 1370. The molecule has 0 saturated carbocycles. The van der Waals surface area contributed by atoms with Gasteiger partial charge in [0.15, 0.2) is 11.5 Å². The molecule has 3 aromatic carbocycles. The van der Waals surface area contributed by atoms with Gasteiger partial charge in [0.2, 0.25) is 0 Å². The van der Waals surface area contributed by atoms with Gasteiger partial charge in [-0.15, -0.1) is 0 Å². The number of ether oxygens (including phenoxy) is 3. The summed E-state index contributed by atoms with van der Waals surface area (Å²) in [6.45, 7) is 4.42. The molecule has 3 aromatic rings. The molecule has 1 amide bonds. The van der Waals surface area contributed by atoms with Crippen LogP contribution in [0.5, 0.6) is 17.2 Å². The van der Waals surface area contributed by atoms with Crippen molar-refractivity contribution in [1.82, 2.24) is 4.90 Å². The van der Waals surface area contributed by atoms with Gasteiger partial charge in [-0.05, 0) is 78.9 Å². The molecular formula is C30H31F3N2O4. The van der Waals surface area contributed by atoms with Crippen molar-refractivity contribution in [3.8, 4) is 17.2 Å². The lowest BCUT2D eigenvalue weighted by Gasteiger charge is -2.39. The fraction of sp³-hybridized carbons (Fsp3) is 0.367. The molecule has 0 fully saturated rings. The number of halogens is 3. The van der Waals surface area contributed by atoms with Crippen LogP contribution in [0.4, 0.5) is 18.9 Å². The van der Waals surface area contributed by atoms with E-state index in [9.17, 15) is 18.0 Å². The predicted molar refractivity (Wildman–Crippen MR) is 142 cm³/mol. The third-order valence-electron chi connectivity index (χ3n) is 7.40. The predicted octanol–water partition coefficient (Wildman–Crippen LogP) is 5.89. The van der Waals surface area contributed by atoms with Gasteiger partial charge < -0.3 is 14.2 Å².